The molecule has 2 rings (SSSR count). The molecule has 1 N–H and O–H groups in total. The van der Waals surface area contributed by atoms with Gasteiger partial charge in [0.25, 0.3) is 0 Å². The molecule has 1 atom stereocenters. The molecule has 3 heteroatoms. The smallest absolute Gasteiger partial charge is 0.0768 e. The van der Waals surface area contributed by atoms with Gasteiger partial charge in [0.05, 0.1) is 17.4 Å². The summed E-state index contributed by atoms with van der Waals surface area (Å²) in [5.41, 5.74) is 3.15. The molecule has 0 amide bonds. The van der Waals surface area contributed by atoms with Crippen LogP contribution in [0.15, 0.2) is 29.4 Å². The van der Waals surface area contributed by atoms with Crippen LogP contribution in [0.4, 0.5) is 0 Å². The van der Waals surface area contributed by atoms with Crippen LogP contribution in [-0.2, 0) is 0 Å². The number of rotatable bonds is 2. The summed E-state index contributed by atoms with van der Waals surface area (Å²) in [4.78, 5) is 0. The maximum absolute atomic E-state index is 9.79. The minimum atomic E-state index is -0.456. The van der Waals surface area contributed by atoms with Crippen molar-refractivity contribution in [2.45, 2.75) is 38.8 Å². The van der Waals surface area contributed by atoms with E-state index in [1.165, 1.54) is 0 Å². The summed E-state index contributed by atoms with van der Waals surface area (Å²) >= 11 is 0. The Morgan fingerprint density at radius 2 is 2.00 bits per heavy atom. The van der Waals surface area contributed by atoms with Crippen LogP contribution >= 0.6 is 0 Å². The topological polar surface area (TPSA) is 35.8 Å². The molecular formula is C14H20N2O. The zero-order valence-corrected chi connectivity index (χ0v) is 10.9. The van der Waals surface area contributed by atoms with Crippen molar-refractivity contribution in [3.8, 4) is 0 Å². The van der Waals surface area contributed by atoms with Gasteiger partial charge in [-0.2, -0.15) is 5.10 Å². The zero-order chi connectivity index (χ0) is 12.6. The van der Waals surface area contributed by atoms with E-state index in [9.17, 15) is 5.11 Å². The Morgan fingerprint density at radius 1 is 1.35 bits per heavy atom. The maximum atomic E-state index is 9.79. The van der Waals surface area contributed by atoms with E-state index in [-0.39, 0.29) is 5.54 Å². The van der Waals surface area contributed by atoms with Gasteiger partial charge in [0.15, 0.2) is 0 Å². The first-order chi connectivity index (χ1) is 7.92. The Kier molecular flexibility index (Phi) is 2.96. The predicted octanol–water partition coefficient (Wildman–Crippen LogP) is 2.56. The first-order valence-corrected chi connectivity index (χ1v) is 6.00. The quantitative estimate of drug-likeness (QED) is 0.850. The van der Waals surface area contributed by atoms with Gasteiger partial charge in [-0.15, -0.1) is 0 Å². The average molecular weight is 232 g/mol. The van der Waals surface area contributed by atoms with Crippen LogP contribution in [0.2, 0.25) is 0 Å². The van der Waals surface area contributed by atoms with Crippen molar-refractivity contribution in [1.29, 1.82) is 0 Å². The summed E-state index contributed by atoms with van der Waals surface area (Å²) < 4.78 is 0. The van der Waals surface area contributed by atoms with Crippen LogP contribution in [0.5, 0.6) is 0 Å². The van der Waals surface area contributed by atoms with E-state index < -0.39 is 6.10 Å². The Hall–Kier alpha value is -1.35. The number of hydrogen-bond donors (Lipinski definition) is 1. The van der Waals surface area contributed by atoms with Crippen molar-refractivity contribution >= 4 is 5.71 Å². The molecule has 17 heavy (non-hydrogen) atoms. The van der Waals surface area contributed by atoms with Gasteiger partial charge in [0.1, 0.15) is 0 Å². The van der Waals surface area contributed by atoms with Gasteiger partial charge in [-0.05, 0) is 26.3 Å². The van der Waals surface area contributed by atoms with Crippen molar-refractivity contribution < 1.29 is 5.11 Å². The van der Waals surface area contributed by atoms with Crippen molar-refractivity contribution in [2.75, 3.05) is 7.05 Å². The predicted molar refractivity (Wildman–Crippen MR) is 70.1 cm³/mol. The van der Waals surface area contributed by atoms with E-state index in [2.05, 4.69) is 18.9 Å². The molecule has 0 aliphatic carbocycles. The highest BCUT2D eigenvalue weighted by atomic mass is 16.3. The van der Waals surface area contributed by atoms with E-state index in [4.69, 9.17) is 0 Å². The lowest BCUT2D eigenvalue weighted by Crippen LogP contribution is -2.33. The normalized spacial score (nSPS) is 20.3. The summed E-state index contributed by atoms with van der Waals surface area (Å²) in [6.45, 7) is 6.15. The summed E-state index contributed by atoms with van der Waals surface area (Å²) in [7, 11) is 2.00. The van der Waals surface area contributed by atoms with Gasteiger partial charge in [-0.25, -0.2) is 0 Å². The second-order valence-electron chi connectivity index (χ2n) is 5.32. The van der Waals surface area contributed by atoms with Crippen molar-refractivity contribution in [3.63, 3.8) is 0 Å². The van der Waals surface area contributed by atoms with Crippen LogP contribution in [0, 0.1) is 0 Å². The number of benzene rings is 1. The second kappa shape index (κ2) is 4.15. The number of nitrogens with zero attached hydrogens (tertiary/aromatic N) is 2. The van der Waals surface area contributed by atoms with Crippen LogP contribution in [0.25, 0.3) is 0 Å². The fourth-order valence-corrected chi connectivity index (χ4v) is 2.15. The minimum Gasteiger partial charge on any atom is -0.389 e. The van der Waals surface area contributed by atoms with Crippen molar-refractivity contribution in [2.24, 2.45) is 5.10 Å². The number of hydrogen-bond acceptors (Lipinski definition) is 3. The Labute approximate surface area is 103 Å². The molecule has 0 fully saturated rings. The number of aliphatic hydroxyl groups is 1. The monoisotopic (exact) mass is 232 g/mol. The maximum Gasteiger partial charge on any atom is 0.0768 e. The molecule has 1 unspecified atom stereocenters. The molecule has 1 heterocycles. The molecule has 0 bridgehead atoms. The van der Waals surface area contributed by atoms with E-state index in [1.807, 2.05) is 36.3 Å². The first-order valence-electron chi connectivity index (χ1n) is 6.00. The molecule has 1 aromatic carbocycles. The van der Waals surface area contributed by atoms with E-state index in [1.54, 1.807) is 6.92 Å². The molecule has 0 aromatic heterocycles. The Balaban J connectivity index is 2.40. The van der Waals surface area contributed by atoms with E-state index >= 15 is 0 Å². The van der Waals surface area contributed by atoms with Crippen molar-refractivity contribution in [3.05, 3.63) is 35.4 Å². The second-order valence-corrected chi connectivity index (χ2v) is 5.32. The molecule has 92 valence electrons. The lowest BCUT2D eigenvalue weighted by molar-refractivity contribution is 0.194. The lowest BCUT2D eigenvalue weighted by atomic mass is 9.92. The van der Waals surface area contributed by atoms with Gasteiger partial charge in [-0.3, -0.25) is 5.01 Å². The molecule has 0 spiro atoms. The SMILES string of the molecule is CC(O)c1ccccc1C1=NN(C)C(C)(C)C1. The Morgan fingerprint density at radius 3 is 2.53 bits per heavy atom. The number of hydrazone groups is 1. The third kappa shape index (κ3) is 2.20. The summed E-state index contributed by atoms with van der Waals surface area (Å²) in [6, 6.07) is 7.95. The third-order valence-electron chi connectivity index (χ3n) is 3.47. The van der Waals surface area contributed by atoms with Crippen LogP contribution in [0.1, 0.15) is 44.4 Å². The van der Waals surface area contributed by atoms with Gasteiger partial charge >= 0.3 is 0 Å². The summed E-state index contributed by atoms with van der Waals surface area (Å²) in [6.07, 6.45) is 0.454. The summed E-state index contributed by atoms with van der Waals surface area (Å²) in [5, 5.41) is 16.4. The number of aliphatic hydroxyl groups excluding tert-OH is 1. The average Bonchev–Trinajstić information content (AvgIpc) is 2.53. The van der Waals surface area contributed by atoms with Gasteiger partial charge < -0.3 is 5.11 Å². The fraction of sp³-hybridized carbons (Fsp3) is 0.500. The van der Waals surface area contributed by atoms with Crippen LogP contribution in [-0.4, -0.2) is 28.4 Å². The molecule has 1 aliphatic rings. The highest BCUT2D eigenvalue weighted by molar-refractivity contribution is 6.03. The van der Waals surface area contributed by atoms with E-state index in [0.717, 1.165) is 23.3 Å². The highest BCUT2D eigenvalue weighted by Gasteiger charge is 2.32. The molecule has 0 saturated carbocycles. The van der Waals surface area contributed by atoms with E-state index in [0.29, 0.717) is 0 Å². The first kappa shape index (κ1) is 12.1. The zero-order valence-electron chi connectivity index (χ0n) is 10.9. The molecular weight excluding hydrogens is 212 g/mol. The fourth-order valence-electron chi connectivity index (χ4n) is 2.15. The molecule has 1 aromatic rings. The molecule has 0 saturated heterocycles. The third-order valence-corrected chi connectivity index (χ3v) is 3.47. The molecule has 1 aliphatic heterocycles. The van der Waals surface area contributed by atoms with Crippen LogP contribution < -0.4 is 0 Å². The minimum absolute atomic E-state index is 0.0567. The van der Waals surface area contributed by atoms with Crippen LogP contribution in [0.3, 0.4) is 0 Å². The highest BCUT2D eigenvalue weighted by Crippen LogP contribution is 2.30. The molecule has 3 nitrogen and oxygen atoms in total. The van der Waals surface area contributed by atoms with Crippen molar-refractivity contribution in [1.82, 2.24) is 5.01 Å². The van der Waals surface area contributed by atoms with Gasteiger partial charge in [0, 0.05) is 19.0 Å². The largest absolute Gasteiger partial charge is 0.389 e. The van der Waals surface area contributed by atoms with Gasteiger partial charge in [-0.1, -0.05) is 24.3 Å². The summed E-state index contributed by atoms with van der Waals surface area (Å²) in [5.74, 6) is 0. The lowest BCUT2D eigenvalue weighted by Gasteiger charge is -2.26. The molecule has 0 radical (unpaired) electrons. The Bertz CT molecular complexity index is 449. The van der Waals surface area contributed by atoms with Gasteiger partial charge in [0.2, 0.25) is 0 Å². The standard InChI is InChI=1S/C14H20N2O/c1-10(17)11-7-5-6-8-12(11)13-9-14(2,3)16(4)15-13/h5-8,10,17H,9H2,1-4H3.